The third-order valence-corrected chi connectivity index (χ3v) is 3.51. The molecule has 5 heteroatoms. The van der Waals surface area contributed by atoms with Gasteiger partial charge in [0.2, 0.25) is 0 Å². The van der Waals surface area contributed by atoms with Crippen molar-refractivity contribution >= 4 is 40.4 Å². The number of nitrogen functional groups attached to an aromatic ring is 1. The van der Waals surface area contributed by atoms with Gasteiger partial charge in [-0.2, -0.15) is 0 Å². The molecule has 0 bridgehead atoms. The van der Waals surface area contributed by atoms with E-state index in [1.54, 1.807) is 17.4 Å². The highest BCUT2D eigenvalue weighted by Crippen LogP contribution is 2.24. The molecule has 1 aromatic heterocycles. The molecule has 1 heterocycles. The van der Waals surface area contributed by atoms with Gasteiger partial charge in [0.15, 0.2) is 0 Å². The van der Waals surface area contributed by atoms with E-state index >= 15 is 0 Å². The number of halogens is 2. The number of nitrogens with two attached hydrogens (primary N) is 1. The quantitative estimate of drug-likeness (QED) is 0.894. The second-order valence-corrected chi connectivity index (χ2v) is 4.85. The average molecular weight is 259 g/mol. The molecule has 1 aromatic carbocycles. The van der Waals surface area contributed by atoms with Gasteiger partial charge < -0.3 is 5.73 Å². The van der Waals surface area contributed by atoms with Gasteiger partial charge in [0.25, 0.3) is 0 Å². The van der Waals surface area contributed by atoms with Crippen LogP contribution in [0.4, 0.5) is 5.82 Å². The van der Waals surface area contributed by atoms with E-state index in [0.717, 1.165) is 17.0 Å². The fourth-order valence-electron chi connectivity index (χ4n) is 1.23. The molecule has 2 nitrogen and oxygen atoms in total. The van der Waals surface area contributed by atoms with Crippen molar-refractivity contribution in [3.63, 3.8) is 0 Å². The van der Waals surface area contributed by atoms with Crippen LogP contribution >= 0.6 is 34.5 Å². The normalized spacial score (nSPS) is 10.5. The summed E-state index contributed by atoms with van der Waals surface area (Å²) in [5.74, 6) is 0.565. The zero-order chi connectivity index (χ0) is 10.8. The van der Waals surface area contributed by atoms with Crippen LogP contribution < -0.4 is 5.73 Å². The first-order valence-electron chi connectivity index (χ1n) is 4.29. The average Bonchev–Trinajstić information content (AvgIpc) is 2.58. The minimum absolute atomic E-state index is 0.565. The number of rotatable bonds is 2. The Morgan fingerprint density at radius 3 is 2.67 bits per heavy atom. The van der Waals surface area contributed by atoms with Crippen LogP contribution in [-0.2, 0) is 6.42 Å². The molecular formula is C10H8Cl2N2S. The number of aromatic nitrogens is 1. The van der Waals surface area contributed by atoms with Gasteiger partial charge in [-0.05, 0) is 17.7 Å². The molecule has 0 saturated carbocycles. The molecule has 2 aromatic rings. The van der Waals surface area contributed by atoms with E-state index < -0.39 is 0 Å². The van der Waals surface area contributed by atoms with Gasteiger partial charge in [-0.1, -0.05) is 29.3 Å². The summed E-state index contributed by atoms with van der Waals surface area (Å²) in [6, 6.07) is 5.57. The summed E-state index contributed by atoms with van der Waals surface area (Å²) in [5.41, 5.74) is 6.62. The summed E-state index contributed by atoms with van der Waals surface area (Å²) in [6.45, 7) is 0. The van der Waals surface area contributed by atoms with Crippen LogP contribution in [0.3, 0.4) is 0 Å². The molecule has 0 spiro atoms. The highest BCUT2D eigenvalue weighted by Gasteiger charge is 2.03. The first-order chi connectivity index (χ1) is 7.15. The van der Waals surface area contributed by atoms with Crippen LogP contribution in [0, 0.1) is 0 Å². The second-order valence-electron chi connectivity index (χ2n) is 3.09. The standard InChI is InChI=1S/C10H8Cl2N2S/c11-7-2-1-6(3-8(7)12)4-10-14-9(13)5-15-10/h1-3,5H,4,13H2. The summed E-state index contributed by atoms with van der Waals surface area (Å²) in [5, 5.41) is 3.94. The van der Waals surface area contributed by atoms with Crippen LogP contribution in [-0.4, -0.2) is 4.98 Å². The van der Waals surface area contributed by atoms with Crippen molar-refractivity contribution in [1.29, 1.82) is 0 Å². The van der Waals surface area contributed by atoms with E-state index in [4.69, 9.17) is 28.9 Å². The van der Waals surface area contributed by atoms with E-state index in [9.17, 15) is 0 Å². The largest absolute Gasteiger partial charge is 0.383 e. The lowest BCUT2D eigenvalue weighted by Gasteiger charge is -2.00. The Morgan fingerprint density at radius 2 is 2.07 bits per heavy atom. The zero-order valence-corrected chi connectivity index (χ0v) is 10.0. The molecule has 78 valence electrons. The Balaban J connectivity index is 2.21. The monoisotopic (exact) mass is 258 g/mol. The van der Waals surface area contributed by atoms with E-state index in [0.29, 0.717) is 15.9 Å². The Morgan fingerprint density at radius 1 is 1.27 bits per heavy atom. The van der Waals surface area contributed by atoms with Crippen LogP contribution in [0.25, 0.3) is 0 Å². The minimum atomic E-state index is 0.565. The SMILES string of the molecule is Nc1csc(Cc2ccc(Cl)c(Cl)c2)n1. The third-order valence-electron chi connectivity index (χ3n) is 1.91. The van der Waals surface area contributed by atoms with E-state index in [1.165, 1.54) is 0 Å². The fourth-order valence-corrected chi connectivity index (χ4v) is 2.27. The zero-order valence-electron chi connectivity index (χ0n) is 7.71. The van der Waals surface area contributed by atoms with Crippen LogP contribution in [0.5, 0.6) is 0 Å². The molecule has 0 amide bonds. The molecular weight excluding hydrogens is 251 g/mol. The predicted molar refractivity (Wildman–Crippen MR) is 65.8 cm³/mol. The number of hydrogen-bond acceptors (Lipinski definition) is 3. The molecule has 0 radical (unpaired) electrons. The van der Waals surface area contributed by atoms with Gasteiger partial charge in [0.1, 0.15) is 5.82 Å². The molecule has 2 rings (SSSR count). The molecule has 0 unspecified atom stereocenters. The summed E-state index contributed by atoms with van der Waals surface area (Å²) in [7, 11) is 0. The van der Waals surface area contributed by atoms with Crippen molar-refractivity contribution in [2.45, 2.75) is 6.42 Å². The molecule has 15 heavy (non-hydrogen) atoms. The molecule has 0 aliphatic heterocycles. The molecule has 0 fully saturated rings. The highest BCUT2D eigenvalue weighted by atomic mass is 35.5. The van der Waals surface area contributed by atoms with Crippen molar-refractivity contribution in [3.8, 4) is 0 Å². The molecule has 0 aliphatic carbocycles. The Bertz CT molecular complexity index is 482. The minimum Gasteiger partial charge on any atom is -0.383 e. The number of nitrogens with zero attached hydrogens (tertiary/aromatic N) is 1. The Hall–Kier alpha value is -0.770. The summed E-state index contributed by atoms with van der Waals surface area (Å²) in [4.78, 5) is 4.18. The van der Waals surface area contributed by atoms with E-state index in [2.05, 4.69) is 4.98 Å². The van der Waals surface area contributed by atoms with Gasteiger partial charge in [0.05, 0.1) is 15.1 Å². The first kappa shape index (κ1) is 10.7. The molecule has 2 N–H and O–H groups in total. The smallest absolute Gasteiger partial charge is 0.134 e. The van der Waals surface area contributed by atoms with Crippen molar-refractivity contribution < 1.29 is 0 Å². The molecule has 0 saturated heterocycles. The summed E-state index contributed by atoms with van der Waals surface area (Å²) < 4.78 is 0. The Labute approximate surface area is 102 Å². The lowest BCUT2D eigenvalue weighted by atomic mass is 10.2. The number of hydrogen-bond donors (Lipinski definition) is 1. The molecule has 0 aliphatic rings. The van der Waals surface area contributed by atoms with E-state index in [-0.39, 0.29) is 0 Å². The first-order valence-corrected chi connectivity index (χ1v) is 5.92. The predicted octanol–water partition coefficient (Wildman–Crippen LogP) is 3.62. The van der Waals surface area contributed by atoms with Gasteiger partial charge in [-0.25, -0.2) is 4.98 Å². The van der Waals surface area contributed by atoms with Crippen molar-refractivity contribution in [1.82, 2.24) is 4.98 Å². The topological polar surface area (TPSA) is 38.9 Å². The van der Waals surface area contributed by atoms with Crippen LogP contribution in [0.1, 0.15) is 10.6 Å². The van der Waals surface area contributed by atoms with Crippen molar-refractivity contribution in [3.05, 3.63) is 44.2 Å². The van der Waals surface area contributed by atoms with Gasteiger partial charge in [-0.15, -0.1) is 11.3 Å². The maximum Gasteiger partial charge on any atom is 0.134 e. The second kappa shape index (κ2) is 4.39. The maximum atomic E-state index is 5.91. The lowest BCUT2D eigenvalue weighted by molar-refractivity contribution is 1.14. The number of anilines is 1. The maximum absolute atomic E-state index is 5.91. The number of thiazole rings is 1. The van der Waals surface area contributed by atoms with Crippen molar-refractivity contribution in [2.75, 3.05) is 5.73 Å². The lowest BCUT2D eigenvalue weighted by Crippen LogP contribution is -1.89. The highest BCUT2D eigenvalue weighted by molar-refractivity contribution is 7.10. The van der Waals surface area contributed by atoms with Crippen LogP contribution in [0.15, 0.2) is 23.6 Å². The van der Waals surface area contributed by atoms with Gasteiger partial charge in [-0.3, -0.25) is 0 Å². The van der Waals surface area contributed by atoms with Gasteiger partial charge in [0, 0.05) is 11.8 Å². The summed E-state index contributed by atoms with van der Waals surface area (Å²) >= 11 is 13.3. The summed E-state index contributed by atoms with van der Waals surface area (Å²) in [6.07, 6.45) is 0.735. The van der Waals surface area contributed by atoms with Crippen molar-refractivity contribution in [2.24, 2.45) is 0 Å². The number of benzene rings is 1. The Kier molecular flexibility index (Phi) is 3.14. The molecule has 0 atom stereocenters. The fraction of sp³-hybridized carbons (Fsp3) is 0.100. The van der Waals surface area contributed by atoms with E-state index in [1.807, 2.05) is 17.5 Å². The van der Waals surface area contributed by atoms with Crippen LogP contribution in [0.2, 0.25) is 10.0 Å². The third kappa shape index (κ3) is 2.62. The van der Waals surface area contributed by atoms with Gasteiger partial charge >= 0.3 is 0 Å².